The van der Waals surface area contributed by atoms with Crippen molar-refractivity contribution in [2.45, 2.75) is 0 Å². The maximum atomic E-state index is 13.4. The van der Waals surface area contributed by atoms with Gasteiger partial charge in [-0.1, -0.05) is 30.3 Å². The number of nitro groups is 1. The van der Waals surface area contributed by atoms with E-state index in [2.05, 4.69) is 31.0 Å². The van der Waals surface area contributed by atoms with E-state index in [1.54, 1.807) is 36.4 Å². The first-order valence-corrected chi connectivity index (χ1v) is 12.4. The number of furan rings is 1. The van der Waals surface area contributed by atoms with E-state index in [-0.39, 0.29) is 23.0 Å². The standard InChI is InChI=1S/C28H16BrN5O5/c29-21-13-17(9-11-24(21)39-26-12-10-19(16-30-26)34(36)37)15-31-33-27(25-14-18-5-1-4-8-23(18)38-25)32-22-7-3-2-6-20(22)28(33)35/h1-16H. The van der Waals surface area contributed by atoms with Crippen LogP contribution in [0.25, 0.3) is 33.5 Å². The molecule has 0 aliphatic carbocycles. The summed E-state index contributed by atoms with van der Waals surface area (Å²) >= 11 is 3.47. The van der Waals surface area contributed by atoms with Gasteiger partial charge >= 0.3 is 0 Å². The predicted octanol–water partition coefficient (Wildman–Crippen LogP) is 6.55. The highest BCUT2D eigenvalue weighted by Gasteiger charge is 2.16. The Hall–Kier alpha value is -5.16. The van der Waals surface area contributed by atoms with Crippen LogP contribution in [0.4, 0.5) is 5.69 Å². The molecule has 3 aromatic carbocycles. The predicted molar refractivity (Wildman–Crippen MR) is 149 cm³/mol. The van der Waals surface area contributed by atoms with E-state index < -0.39 is 4.92 Å². The summed E-state index contributed by atoms with van der Waals surface area (Å²) in [5.74, 6) is 1.33. The fourth-order valence-electron chi connectivity index (χ4n) is 3.94. The number of aromatic nitrogens is 3. The van der Waals surface area contributed by atoms with Crippen LogP contribution in [0, 0.1) is 10.1 Å². The first kappa shape index (κ1) is 24.2. The molecule has 6 rings (SSSR count). The van der Waals surface area contributed by atoms with Crippen molar-refractivity contribution < 1.29 is 14.1 Å². The maximum absolute atomic E-state index is 13.4. The summed E-state index contributed by atoms with van der Waals surface area (Å²) < 4.78 is 13.5. The van der Waals surface area contributed by atoms with E-state index in [1.165, 1.54) is 23.0 Å². The molecule has 0 N–H and O–H groups in total. The number of hydrogen-bond donors (Lipinski definition) is 0. The Bertz CT molecular complexity index is 1930. The highest BCUT2D eigenvalue weighted by atomic mass is 79.9. The number of para-hydroxylation sites is 2. The number of halogens is 1. The van der Waals surface area contributed by atoms with Crippen molar-refractivity contribution in [1.29, 1.82) is 0 Å². The quantitative estimate of drug-likeness (QED) is 0.124. The Morgan fingerprint density at radius 1 is 1.03 bits per heavy atom. The van der Waals surface area contributed by atoms with Crippen LogP contribution in [0.2, 0.25) is 0 Å². The molecule has 6 aromatic rings. The zero-order valence-corrected chi connectivity index (χ0v) is 21.5. The minimum Gasteiger partial charge on any atom is -0.453 e. The summed E-state index contributed by atoms with van der Waals surface area (Å²) in [6, 6.07) is 24.4. The summed E-state index contributed by atoms with van der Waals surface area (Å²) in [4.78, 5) is 32.4. The molecule has 0 fully saturated rings. The molecule has 0 radical (unpaired) electrons. The van der Waals surface area contributed by atoms with Crippen molar-refractivity contribution >= 4 is 49.7 Å². The van der Waals surface area contributed by atoms with Gasteiger partial charge in [0.25, 0.3) is 11.2 Å². The van der Waals surface area contributed by atoms with E-state index in [0.717, 1.165) is 11.6 Å². The molecule has 3 aromatic heterocycles. The zero-order valence-electron chi connectivity index (χ0n) is 19.9. The van der Waals surface area contributed by atoms with Crippen molar-refractivity contribution in [3.63, 3.8) is 0 Å². The molecule has 0 saturated carbocycles. The number of rotatable bonds is 6. The smallest absolute Gasteiger partial charge is 0.287 e. The first-order chi connectivity index (χ1) is 19.0. The second-order valence-corrected chi connectivity index (χ2v) is 9.22. The van der Waals surface area contributed by atoms with Crippen LogP contribution in [0.5, 0.6) is 11.6 Å². The summed E-state index contributed by atoms with van der Waals surface area (Å²) in [6.07, 6.45) is 2.65. The van der Waals surface area contributed by atoms with Gasteiger partial charge in [0.2, 0.25) is 11.7 Å². The van der Waals surface area contributed by atoms with E-state index in [9.17, 15) is 14.9 Å². The van der Waals surface area contributed by atoms with Gasteiger partial charge in [0.15, 0.2) is 5.76 Å². The number of pyridine rings is 1. The van der Waals surface area contributed by atoms with Crippen LogP contribution < -0.4 is 10.3 Å². The van der Waals surface area contributed by atoms with Crippen LogP contribution in [-0.4, -0.2) is 25.8 Å². The molecule has 0 aliphatic rings. The highest BCUT2D eigenvalue weighted by Crippen LogP contribution is 2.30. The first-order valence-electron chi connectivity index (χ1n) is 11.6. The fraction of sp³-hybridized carbons (Fsp3) is 0. The molecular weight excluding hydrogens is 566 g/mol. The van der Waals surface area contributed by atoms with Crippen molar-refractivity contribution in [1.82, 2.24) is 14.6 Å². The Labute approximate surface area is 228 Å². The molecule has 0 amide bonds. The summed E-state index contributed by atoms with van der Waals surface area (Å²) in [6.45, 7) is 0. The van der Waals surface area contributed by atoms with Crippen molar-refractivity contribution in [3.05, 3.63) is 122 Å². The second kappa shape index (κ2) is 9.95. The van der Waals surface area contributed by atoms with Crippen LogP contribution in [0.3, 0.4) is 0 Å². The molecule has 0 unspecified atom stereocenters. The summed E-state index contributed by atoms with van der Waals surface area (Å²) in [7, 11) is 0. The number of benzene rings is 3. The van der Waals surface area contributed by atoms with Gasteiger partial charge < -0.3 is 9.15 Å². The van der Waals surface area contributed by atoms with Crippen molar-refractivity contribution in [2.24, 2.45) is 5.10 Å². The molecule has 39 heavy (non-hydrogen) atoms. The second-order valence-electron chi connectivity index (χ2n) is 8.37. The van der Waals surface area contributed by atoms with Crippen molar-refractivity contribution in [2.75, 3.05) is 0 Å². The van der Waals surface area contributed by atoms with Gasteiger partial charge in [0, 0.05) is 17.5 Å². The molecule has 11 heteroatoms. The van der Waals surface area contributed by atoms with E-state index >= 15 is 0 Å². The number of hydrogen-bond acceptors (Lipinski definition) is 8. The minimum atomic E-state index is -0.531. The third-order valence-corrected chi connectivity index (χ3v) is 6.44. The topological polar surface area (TPSA) is 126 Å². The third kappa shape index (κ3) is 4.78. The summed E-state index contributed by atoms with van der Waals surface area (Å²) in [5.41, 5.74) is 1.41. The molecule has 3 heterocycles. The molecule has 0 aliphatic heterocycles. The minimum absolute atomic E-state index is 0.131. The van der Waals surface area contributed by atoms with Crippen LogP contribution >= 0.6 is 15.9 Å². The lowest BCUT2D eigenvalue weighted by Crippen LogP contribution is -2.20. The number of ether oxygens (including phenoxy) is 1. The monoisotopic (exact) mass is 581 g/mol. The molecule has 190 valence electrons. The number of fused-ring (bicyclic) bond motifs is 2. The SMILES string of the molecule is O=c1c2ccccc2nc(-c2cc3ccccc3o2)n1N=Cc1ccc(Oc2ccc([N+](=O)[O-])cn2)c(Br)c1. The Kier molecular flexibility index (Phi) is 6.17. The van der Waals surface area contributed by atoms with Gasteiger partial charge in [-0.3, -0.25) is 14.9 Å². The van der Waals surface area contributed by atoms with Crippen LogP contribution in [0.15, 0.2) is 110 Å². The van der Waals surface area contributed by atoms with Gasteiger partial charge in [-0.2, -0.15) is 9.78 Å². The van der Waals surface area contributed by atoms with Gasteiger partial charge in [-0.15, -0.1) is 0 Å². The summed E-state index contributed by atoms with van der Waals surface area (Å²) in [5, 5.41) is 16.6. The van der Waals surface area contributed by atoms with Gasteiger partial charge in [0.05, 0.1) is 26.5 Å². The van der Waals surface area contributed by atoms with Gasteiger partial charge in [-0.05, 0) is 64.0 Å². The molecule has 0 bridgehead atoms. The average Bonchev–Trinajstić information content (AvgIpc) is 3.38. The lowest BCUT2D eigenvalue weighted by Gasteiger charge is -2.08. The lowest BCUT2D eigenvalue weighted by atomic mass is 10.2. The van der Waals surface area contributed by atoms with Gasteiger partial charge in [0.1, 0.15) is 17.5 Å². The Morgan fingerprint density at radius 2 is 1.85 bits per heavy atom. The highest BCUT2D eigenvalue weighted by molar-refractivity contribution is 9.10. The molecular formula is C28H16BrN5O5. The van der Waals surface area contributed by atoms with E-state index in [0.29, 0.717) is 38.0 Å². The zero-order chi connectivity index (χ0) is 26.9. The molecule has 10 nitrogen and oxygen atoms in total. The van der Waals surface area contributed by atoms with Gasteiger partial charge in [-0.25, -0.2) is 9.97 Å². The van der Waals surface area contributed by atoms with Crippen LogP contribution in [-0.2, 0) is 0 Å². The number of nitrogens with zero attached hydrogens (tertiary/aromatic N) is 5. The molecule has 0 atom stereocenters. The Morgan fingerprint density at radius 3 is 2.62 bits per heavy atom. The fourth-order valence-corrected chi connectivity index (χ4v) is 4.42. The largest absolute Gasteiger partial charge is 0.453 e. The normalized spacial score (nSPS) is 11.4. The van der Waals surface area contributed by atoms with E-state index in [1.807, 2.05) is 36.4 Å². The average molecular weight is 582 g/mol. The lowest BCUT2D eigenvalue weighted by molar-refractivity contribution is -0.385. The van der Waals surface area contributed by atoms with Crippen LogP contribution in [0.1, 0.15) is 5.56 Å². The van der Waals surface area contributed by atoms with Crippen molar-refractivity contribution in [3.8, 4) is 23.2 Å². The van der Waals surface area contributed by atoms with E-state index in [4.69, 9.17) is 9.15 Å². The molecule has 0 saturated heterocycles. The maximum Gasteiger partial charge on any atom is 0.287 e. The molecule has 0 spiro atoms. The Balaban J connectivity index is 1.36. The third-order valence-electron chi connectivity index (χ3n) is 5.82.